The number of aryl methyl sites for hydroxylation is 1. The first-order valence-corrected chi connectivity index (χ1v) is 11.0. The summed E-state index contributed by atoms with van der Waals surface area (Å²) in [6, 6.07) is 15.2. The van der Waals surface area contributed by atoms with Crippen LogP contribution in [-0.2, 0) is 4.79 Å². The fraction of sp³-hybridized carbons (Fsp3) is 0.0769. The molecule has 0 aliphatic carbocycles. The molecule has 0 aliphatic rings. The van der Waals surface area contributed by atoms with Crippen LogP contribution in [0.4, 0.5) is 13.2 Å². The number of hydrogen-bond acceptors (Lipinski definition) is 5. The largest absolute Gasteiger partial charge is 0.573 e. The van der Waals surface area contributed by atoms with Crippen molar-refractivity contribution >= 4 is 39.3 Å². The number of rotatable bonds is 6. The smallest absolute Gasteiger partial charge is 0.508 e. The van der Waals surface area contributed by atoms with E-state index in [2.05, 4.69) is 4.74 Å². The molecule has 9 heteroatoms. The number of carbonyl (C=O) groups is 2. The summed E-state index contributed by atoms with van der Waals surface area (Å²) in [5.41, 5.74) is 2.48. The average Bonchev–Trinajstić information content (AvgIpc) is 3.15. The molecule has 0 fully saturated rings. The Kier molecular flexibility index (Phi) is 6.36. The van der Waals surface area contributed by atoms with Crippen LogP contribution in [0.3, 0.4) is 0 Å². The first-order chi connectivity index (χ1) is 16.5. The highest BCUT2D eigenvalue weighted by molar-refractivity contribution is 7.21. The Hall–Kier alpha value is -4.11. The van der Waals surface area contributed by atoms with E-state index >= 15 is 0 Å². The van der Waals surface area contributed by atoms with E-state index in [0.717, 1.165) is 34.9 Å². The van der Waals surface area contributed by atoms with Crippen molar-refractivity contribution in [2.45, 2.75) is 13.3 Å². The molecule has 0 spiro atoms. The van der Waals surface area contributed by atoms with Crippen molar-refractivity contribution in [3.63, 3.8) is 0 Å². The predicted octanol–water partition coefficient (Wildman–Crippen LogP) is 6.81. The zero-order chi connectivity index (χ0) is 25.3. The number of fused-ring (bicyclic) bond motifs is 1. The second-order valence-electron chi connectivity index (χ2n) is 7.63. The van der Waals surface area contributed by atoms with Gasteiger partial charge in [0, 0.05) is 27.3 Å². The molecule has 0 amide bonds. The van der Waals surface area contributed by atoms with Crippen molar-refractivity contribution in [2.24, 2.45) is 0 Å². The van der Waals surface area contributed by atoms with Gasteiger partial charge in [-0.05, 0) is 66.1 Å². The molecule has 0 bridgehead atoms. The molecule has 4 aromatic rings. The topological polar surface area (TPSA) is 83.8 Å². The van der Waals surface area contributed by atoms with Gasteiger partial charge in [-0.1, -0.05) is 24.3 Å². The minimum absolute atomic E-state index is 0.0308. The van der Waals surface area contributed by atoms with Crippen LogP contribution in [0.2, 0.25) is 0 Å². The molecular formula is C26H17F3O5S. The molecule has 0 aliphatic heterocycles. The Morgan fingerprint density at radius 1 is 1.00 bits per heavy atom. The minimum atomic E-state index is -4.84. The highest BCUT2D eigenvalue weighted by Gasteiger charge is 2.31. The Balaban J connectivity index is 1.80. The number of ether oxygens (including phenoxy) is 1. The molecule has 4 rings (SSSR count). The van der Waals surface area contributed by atoms with Gasteiger partial charge in [0.1, 0.15) is 11.5 Å². The molecule has 1 aromatic heterocycles. The number of carbonyl (C=O) groups excluding carboxylic acids is 1. The van der Waals surface area contributed by atoms with Gasteiger partial charge in [0.15, 0.2) is 0 Å². The van der Waals surface area contributed by atoms with Gasteiger partial charge in [0.05, 0.1) is 4.88 Å². The quantitative estimate of drug-likeness (QED) is 0.225. The molecular weight excluding hydrogens is 481 g/mol. The number of aromatic hydroxyl groups is 1. The molecule has 35 heavy (non-hydrogen) atoms. The number of hydrogen-bond donors (Lipinski definition) is 2. The van der Waals surface area contributed by atoms with E-state index in [4.69, 9.17) is 5.11 Å². The van der Waals surface area contributed by atoms with Crippen molar-refractivity contribution in [3.8, 4) is 22.6 Å². The van der Waals surface area contributed by atoms with Crippen LogP contribution < -0.4 is 4.74 Å². The highest BCUT2D eigenvalue weighted by atomic mass is 32.1. The van der Waals surface area contributed by atoms with Crippen molar-refractivity contribution < 1.29 is 37.7 Å². The van der Waals surface area contributed by atoms with Crippen molar-refractivity contribution in [2.75, 3.05) is 0 Å². The minimum Gasteiger partial charge on any atom is -0.508 e. The zero-order valence-electron chi connectivity index (χ0n) is 18.1. The van der Waals surface area contributed by atoms with E-state index in [-0.39, 0.29) is 17.1 Å². The van der Waals surface area contributed by atoms with Crippen molar-refractivity contribution in [1.82, 2.24) is 0 Å². The number of aliphatic carboxylic acids is 1. The Labute approximate surface area is 201 Å². The number of carboxylic acid groups (broad SMARTS) is 1. The summed E-state index contributed by atoms with van der Waals surface area (Å²) in [4.78, 5) is 24.7. The van der Waals surface area contributed by atoms with Crippen LogP contribution in [0.15, 0.2) is 66.7 Å². The summed E-state index contributed by atoms with van der Waals surface area (Å²) in [6.07, 6.45) is -2.39. The molecule has 0 unspecified atom stereocenters. The normalized spacial score (nSPS) is 11.8. The predicted molar refractivity (Wildman–Crippen MR) is 127 cm³/mol. The van der Waals surface area contributed by atoms with Crippen molar-refractivity contribution in [1.29, 1.82) is 0 Å². The Morgan fingerprint density at radius 2 is 1.71 bits per heavy atom. The van der Waals surface area contributed by atoms with Crippen LogP contribution in [0.25, 0.3) is 27.3 Å². The number of ketones is 1. The molecule has 0 saturated carbocycles. The van der Waals surface area contributed by atoms with E-state index < -0.39 is 18.1 Å². The van der Waals surface area contributed by atoms with Gasteiger partial charge >= 0.3 is 12.3 Å². The van der Waals surface area contributed by atoms with Crippen LogP contribution >= 0.6 is 11.3 Å². The summed E-state index contributed by atoms with van der Waals surface area (Å²) in [6.45, 7) is 1.53. The molecule has 2 N–H and O–H groups in total. The first-order valence-electron chi connectivity index (χ1n) is 10.2. The average molecular weight is 498 g/mol. The number of thiophene rings is 1. The lowest BCUT2D eigenvalue weighted by Crippen LogP contribution is -2.17. The standard InChI is InChI=1S/C26H17F3O5S/c1-14-12-18(34-26(27,28)29)8-10-19(14)24(33)25-23(20-9-7-17(30)13-21(20)35-25)16-5-2-15(3-6-16)4-11-22(31)32/h2-13,30H,1H3,(H,31,32)/b11-4+. The number of halogens is 3. The van der Waals surface area contributed by atoms with Gasteiger partial charge in [-0.15, -0.1) is 24.5 Å². The summed E-state index contributed by atoms with van der Waals surface area (Å²) >= 11 is 1.16. The fourth-order valence-corrected chi connectivity index (χ4v) is 4.88. The third-order valence-electron chi connectivity index (χ3n) is 5.17. The molecule has 0 atom stereocenters. The number of benzene rings is 3. The number of phenols is 1. The van der Waals surface area contributed by atoms with Crippen LogP contribution in [0, 0.1) is 6.92 Å². The fourth-order valence-electron chi connectivity index (χ4n) is 3.67. The third kappa shape index (κ3) is 5.36. The monoisotopic (exact) mass is 498 g/mol. The maximum absolute atomic E-state index is 13.6. The second-order valence-corrected chi connectivity index (χ2v) is 8.69. The van der Waals surface area contributed by atoms with Gasteiger partial charge in [0.2, 0.25) is 5.78 Å². The molecule has 5 nitrogen and oxygen atoms in total. The second kappa shape index (κ2) is 9.27. The van der Waals surface area contributed by atoms with Crippen LogP contribution in [0.5, 0.6) is 11.5 Å². The molecule has 1 heterocycles. The Morgan fingerprint density at radius 3 is 2.34 bits per heavy atom. The van der Waals surface area contributed by atoms with E-state index in [0.29, 0.717) is 31.8 Å². The maximum Gasteiger partial charge on any atom is 0.573 e. The zero-order valence-corrected chi connectivity index (χ0v) is 18.9. The maximum atomic E-state index is 13.6. The van der Waals surface area contributed by atoms with E-state index in [1.54, 1.807) is 30.3 Å². The van der Waals surface area contributed by atoms with Crippen molar-refractivity contribution in [3.05, 3.63) is 88.3 Å². The van der Waals surface area contributed by atoms with E-state index in [1.165, 1.54) is 31.2 Å². The van der Waals surface area contributed by atoms with Gasteiger partial charge in [-0.3, -0.25) is 4.79 Å². The lowest BCUT2D eigenvalue weighted by atomic mass is 9.95. The third-order valence-corrected chi connectivity index (χ3v) is 6.32. The SMILES string of the molecule is Cc1cc(OC(F)(F)F)ccc1C(=O)c1sc2cc(O)ccc2c1-c1ccc(/C=C/C(=O)O)cc1. The van der Waals surface area contributed by atoms with Crippen LogP contribution in [0.1, 0.15) is 26.4 Å². The number of alkyl halides is 3. The highest BCUT2D eigenvalue weighted by Crippen LogP contribution is 2.42. The lowest BCUT2D eigenvalue weighted by molar-refractivity contribution is -0.274. The van der Waals surface area contributed by atoms with E-state index in [1.807, 2.05) is 0 Å². The summed E-state index contributed by atoms with van der Waals surface area (Å²) in [7, 11) is 0. The number of carboxylic acids is 1. The molecule has 178 valence electrons. The molecule has 0 radical (unpaired) electrons. The van der Waals surface area contributed by atoms with Gasteiger partial charge < -0.3 is 14.9 Å². The molecule has 3 aromatic carbocycles. The summed E-state index contributed by atoms with van der Waals surface area (Å²) < 4.78 is 42.3. The van der Waals surface area contributed by atoms with Gasteiger partial charge in [-0.2, -0.15) is 0 Å². The van der Waals surface area contributed by atoms with Crippen LogP contribution in [-0.4, -0.2) is 28.3 Å². The lowest BCUT2D eigenvalue weighted by Gasteiger charge is -2.12. The number of phenolic OH excluding ortho intramolecular Hbond substituents is 1. The van der Waals surface area contributed by atoms with Gasteiger partial charge in [-0.25, -0.2) is 4.79 Å². The summed E-state index contributed by atoms with van der Waals surface area (Å²) in [5, 5.41) is 19.5. The molecule has 0 saturated heterocycles. The Bertz CT molecular complexity index is 1470. The van der Waals surface area contributed by atoms with Gasteiger partial charge in [0.25, 0.3) is 0 Å². The first kappa shape index (κ1) is 24.0. The van der Waals surface area contributed by atoms with E-state index in [9.17, 15) is 27.9 Å². The summed E-state index contributed by atoms with van der Waals surface area (Å²) in [5.74, 6) is -1.85.